The van der Waals surface area contributed by atoms with Crippen LogP contribution in [0.5, 0.6) is 0 Å². The molecule has 1 aromatic heterocycles. The van der Waals surface area contributed by atoms with Crippen molar-refractivity contribution in [3.05, 3.63) is 46.7 Å². The summed E-state index contributed by atoms with van der Waals surface area (Å²) in [6.45, 7) is 3.57. The molecule has 1 aromatic carbocycles. The number of nitrogens with one attached hydrogen (secondary N) is 2. The lowest BCUT2D eigenvalue weighted by Gasteiger charge is -2.30. The predicted octanol–water partition coefficient (Wildman–Crippen LogP) is 3.32. The number of amides is 2. The van der Waals surface area contributed by atoms with E-state index in [4.69, 9.17) is 0 Å². The Morgan fingerprint density at radius 2 is 1.97 bits per heavy atom. The SMILES string of the molecule is CC1CCCN(S(=O)(=O)c2ccc(NC(=O)CCCNC(=O)c3ccsc3)cc2)C1. The first-order valence-corrected chi connectivity index (χ1v) is 12.4. The number of carbonyl (C=O) groups is 2. The van der Waals surface area contributed by atoms with Crippen molar-refractivity contribution in [2.24, 2.45) is 5.92 Å². The largest absolute Gasteiger partial charge is 0.352 e. The van der Waals surface area contributed by atoms with Crippen LogP contribution in [0, 0.1) is 5.92 Å². The van der Waals surface area contributed by atoms with Crippen LogP contribution in [0.1, 0.15) is 43.0 Å². The Bertz CT molecular complexity index is 957. The molecule has 0 spiro atoms. The van der Waals surface area contributed by atoms with Gasteiger partial charge in [-0.05, 0) is 60.9 Å². The highest BCUT2D eigenvalue weighted by Crippen LogP contribution is 2.24. The average molecular weight is 450 g/mol. The normalized spacial score (nSPS) is 17.4. The molecule has 7 nitrogen and oxygen atoms in total. The van der Waals surface area contributed by atoms with E-state index in [0.717, 1.165) is 12.8 Å². The lowest BCUT2D eigenvalue weighted by molar-refractivity contribution is -0.116. The van der Waals surface area contributed by atoms with Gasteiger partial charge in [-0.25, -0.2) is 8.42 Å². The van der Waals surface area contributed by atoms with E-state index >= 15 is 0 Å². The molecule has 0 radical (unpaired) electrons. The molecule has 3 rings (SSSR count). The van der Waals surface area contributed by atoms with Crippen molar-refractivity contribution < 1.29 is 18.0 Å². The quantitative estimate of drug-likeness (QED) is 0.605. The maximum Gasteiger partial charge on any atom is 0.252 e. The highest BCUT2D eigenvalue weighted by atomic mass is 32.2. The third-order valence-electron chi connectivity index (χ3n) is 5.05. The van der Waals surface area contributed by atoms with E-state index in [1.807, 2.05) is 5.38 Å². The van der Waals surface area contributed by atoms with Crippen molar-refractivity contribution in [2.45, 2.75) is 37.5 Å². The Morgan fingerprint density at radius 3 is 2.63 bits per heavy atom. The molecule has 9 heteroatoms. The molecule has 2 aromatic rings. The molecule has 0 aliphatic carbocycles. The van der Waals surface area contributed by atoms with Gasteiger partial charge in [-0.1, -0.05) is 6.92 Å². The smallest absolute Gasteiger partial charge is 0.252 e. The molecule has 162 valence electrons. The highest BCUT2D eigenvalue weighted by molar-refractivity contribution is 7.89. The zero-order valence-electron chi connectivity index (χ0n) is 17.0. The summed E-state index contributed by atoms with van der Waals surface area (Å²) in [5.74, 6) is 0.0407. The van der Waals surface area contributed by atoms with Crippen LogP contribution in [-0.4, -0.2) is 44.2 Å². The molecule has 0 saturated carbocycles. The van der Waals surface area contributed by atoms with E-state index in [1.165, 1.54) is 23.5 Å². The summed E-state index contributed by atoms with van der Waals surface area (Å²) in [6.07, 6.45) is 2.70. The van der Waals surface area contributed by atoms with E-state index in [0.29, 0.717) is 43.2 Å². The molecule has 2 heterocycles. The molecule has 1 fully saturated rings. The first kappa shape index (κ1) is 22.5. The van der Waals surface area contributed by atoms with Gasteiger partial charge in [0, 0.05) is 42.7 Å². The van der Waals surface area contributed by atoms with Gasteiger partial charge < -0.3 is 10.6 Å². The molecule has 2 amide bonds. The van der Waals surface area contributed by atoms with Crippen LogP contribution >= 0.6 is 11.3 Å². The minimum Gasteiger partial charge on any atom is -0.352 e. The number of sulfonamides is 1. The molecular weight excluding hydrogens is 422 g/mol. The zero-order valence-corrected chi connectivity index (χ0v) is 18.6. The second kappa shape index (κ2) is 10.2. The molecular formula is C21H27N3O4S2. The number of piperidine rings is 1. The first-order chi connectivity index (χ1) is 14.4. The number of hydrogen-bond donors (Lipinski definition) is 2. The fourth-order valence-electron chi connectivity index (χ4n) is 3.39. The van der Waals surface area contributed by atoms with Gasteiger partial charge in [0.1, 0.15) is 0 Å². The third-order valence-corrected chi connectivity index (χ3v) is 7.61. The van der Waals surface area contributed by atoms with Crippen LogP contribution in [0.2, 0.25) is 0 Å². The lowest BCUT2D eigenvalue weighted by atomic mass is 10.0. The van der Waals surface area contributed by atoms with E-state index in [1.54, 1.807) is 27.9 Å². The molecule has 30 heavy (non-hydrogen) atoms. The van der Waals surface area contributed by atoms with E-state index in [9.17, 15) is 18.0 Å². The predicted molar refractivity (Wildman–Crippen MR) is 118 cm³/mol. The number of hydrogen-bond acceptors (Lipinski definition) is 5. The molecule has 2 N–H and O–H groups in total. The number of thiophene rings is 1. The van der Waals surface area contributed by atoms with Crippen LogP contribution in [0.3, 0.4) is 0 Å². The summed E-state index contributed by atoms with van der Waals surface area (Å²) in [5, 5.41) is 9.16. The van der Waals surface area contributed by atoms with Gasteiger partial charge in [0.2, 0.25) is 15.9 Å². The molecule has 0 bridgehead atoms. The van der Waals surface area contributed by atoms with Crippen LogP contribution in [0.4, 0.5) is 5.69 Å². The molecule has 1 saturated heterocycles. The van der Waals surface area contributed by atoms with Gasteiger partial charge in [0.25, 0.3) is 5.91 Å². The van der Waals surface area contributed by atoms with Crippen molar-refractivity contribution in [1.82, 2.24) is 9.62 Å². The standard InChI is InChI=1S/C21H27N3O4S2/c1-16-4-3-12-24(14-16)30(27,28)19-8-6-18(7-9-19)23-20(25)5-2-11-22-21(26)17-10-13-29-15-17/h6-10,13,15-16H,2-5,11-12,14H2,1H3,(H,22,26)(H,23,25). The summed E-state index contributed by atoms with van der Waals surface area (Å²) in [7, 11) is -3.50. The fraction of sp³-hybridized carbons (Fsp3) is 0.429. The van der Waals surface area contributed by atoms with Crippen molar-refractivity contribution >= 4 is 38.9 Å². The number of nitrogens with zero attached hydrogens (tertiary/aromatic N) is 1. The average Bonchev–Trinajstić information content (AvgIpc) is 3.26. The molecule has 1 aliphatic rings. The van der Waals surface area contributed by atoms with Gasteiger partial charge in [-0.3, -0.25) is 9.59 Å². The fourth-order valence-corrected chi connectivity index (χ4v) is 5.63. The Balaban J connectivity index is 1.45. The van der Waals surface area contributed by atoms with Crippen molar-refractivity contribution in [2.75, 3.05) is 25.0 Å². The Morgan fingerprint density at radius 1 is 1.20 bits per heavy atom. The highest BCUT2D eigenvalue weighted by Gasteiger charge is 2.28. The monoisotopic (exact) mass is 449 g/mol. The van der Waals surface area contributed by atoms with Crippen LogP contribution in [0.15, 0.2) is 46.0 Å². The van der Waals surface area contributed by atoms with Gasteiger partial charge in [0.15, 0.2) is 0 Å². The summed E-state index contributed by atoms with van der Waals surface area (Å²) < 4.78 is 27.1. The third kappa shape index (κ3) is 5.90. The molecule has 1 unspecified atom stereocenters. The second-order valence-electron chi connectivity index (χ2n) is 7.55. The summed E-state index contributed by atoms with van der Waals surface area (Å²) in [5.41, 5.74) is 1.17. The second-order valence-corrected chi connectivity index (χ2v) is 10.3. The minimum absolute atomic E-state index is 0.142. The number of rotatable bonds is 8. The Kier molecular flexibility index (Phi) is 7.63. The van der Waals surface area contributed by atoms with Gasteiger partial charge in [-0.15, -0.1) is 0 Å². The van der Waals surface area contributed by atoms with E-state index in [-0.39, 0.29) is 23.1 Å². The maximum absolute atomic E-state index is 12.8. The zero-order chi connectivity index (χ0) is 21.6. The number of benzene rings is 1. The van der Waals surface area contributed by atoms with Crippen LogP contribution < -0.4 is 10.6 Å². The van der Waals surface area contributed by atoms with Crippen LogP contribution in [-0.2, 0) is 14.8 Å². The van der Waals surface area contributed by atoms with Crippen molar-refractivity contribution in [3.63, 3.8) is 0 Å². The van der Waals surface area contributed by atoms with Crippen molar-refractivity contribution in [3.8, 4) is 0 Å². The van der Waals surface area contributed by atoms with Gasteiger partial charge in [0.05, 0.1) is 4.90 Å². The number of anilines is 1. The summed E-state index contributed by atoms with van der Waals surface area (Å²) in [6, 6.07) is 8.03. The minimum atomic E-state index is -3.50. The first-order valence-electron chi connectivity index (χ1n) is 10.1. The number of carbonyl (C=O) groups excluding carboxylic acids is 2. The van der Waals surface area contributed by atoms with E-state index < -0.39 is 10.0 Å². The summed E-state index contributed by atoms with van der Waals surface area (Å²) in [4.78, 5) is 24.2. The molecule has 1 aliphatic heterocycles. The van der Waals surface area contributed by atoms with Crippen LogP contribution in [0.25, 0.3) is 0 Å². The van der Waals surface area contributed by atoms with Gasteiger partial charge >= 0.3 is 0 Å². The van der Waals surface area contributed by atoms with Gasteiger partial charge in [-0.2, -0.15) is 15.6 Å². The lowest BCUT2D eigenvalue weighted by Crippen LogP contribution is -2.39. The topological polar surface area (TPSA) is 95.6 Å². The summed E-state index contributed by atoms with van der Waals surface area (Å²) >= 11 is 1.46. The Labute approximate surface area is 181 Å². The maximum atomic E-state index is 12.8. The molecule has 1 atom stereocenters. The Hall–Kier alpha value is -2.23. The van der Waals surface area contributed by atoms with E-state index in [2.05, 4.69) is 17.6 Å². The van der Waals surface area contributed by atoms with Crippen molar-refractivity contribution in [1.29, 1.82) is 0 Å².